The third kappa shape index (κ3) is 31.9. The maximum absolute atomic E-state index is 7.07. The average Bonchev–Trinajstić information content (AvgIpc) is 2.59. The summed E-state index contributed by atoms with van der Waals surface area (Å²) in [6.45, 7) is 6.38. The lowest BCUT2D eigenvalue weighted by Gasteiger charge is -2.01. The third-order valence-electron chi connectivity index (χ3n) is 4.44. The van der Waals surface area contributed by atoms with Gasteiger partial charge in [-0.05, 0) is 32.1 Å². The molecular weight excluding hydrogens is 304 g/mol. The molecule has 0 aromatic carbocycles. The lowest BCUT2D eigenvalue weighted by atomic mass is 10.1. The van der Waals surface area contributed by atoms with Crippen LogP contribution in [0.15, 0.2) is 12.2 Å². The van der Waals surface area contributed by atoms with Crippen molar-refractivity contribution in [3.8, 4) is 0 Å². The van der Waals surface area contributed by atoms with E-state index in [0.29, 0.717) is 6.54 Å². The van der Waals surface area contributed by atoms with E-state index in [-0.39, 0.29) is 0 Å². The molecule has 0 saturated carbocycles. The Labute approximate surface area is 160 Å². The molecule has 0 atom stereocenters. The minimum Gasteiger partial charge on any atom is -0.677 e. The van der Waals surface area contributed by atoms with Crippen molar-refractivity contribution in [2.24, 2.45) is 0 Å². The molecule has 0 aromatic heterocycles. The Morgan fingerprint density at radius 2 is 1.04 bits per heavy atom. The first-order valence-electron chi connectivity index (χ1n) is 11.3. The van der Waals surface area contributed by atoms with Crippen molar-refractivity contribution in [3.63, 3.8) is 0 Å². The normalized spacial score (nSPS) is 11.1. The first-order chi connectivity index (χ1) is 12.2. The molecule has 0 saturated heterocycles. The van der Waals surface area contributed by atoms with E-state index in [1.165, 1.54) is 101 Å². The molecule has 0 aliphatic carbocycles. The van der Waals surface area contributed by atoms with Crippen molar-refractivity contribution < 1.29 is 4.90 Å². The monoisotopic (exact) mass is 354 g/mol. The molecule has 0 aliphatic rings. The molecular formula is C23H50N2. The molecule has 0 spiro atoms. The Hall–Kier alpha value is -0.340. The number of nitrogens with one attached hydrogen (secondary N) is 2. The van der Waals surface area contributed by atoms with Crippen LogP contribution in [0.1, 0.15) is 110 Å². The number of quaternary nitrogens is 1. The van der Waals surface area contributed by atoms with Crippen LogP contribution in [0, 0.1) is 0 Å². The van der Waals surface area contributed by atoms with E-state index in [4.69, 9.17) is 5.73 Å². The Bertz CT molecular complexity index is 236. The van der Waals surface area contributed by atoms with Gasteiger partial charge in [-0.2, -0.15) is 6.54 Å². The average molecular weight is 355 g/mol. The predicted molar refractivity (Wildman–Crippen MR) is 117 cm³/mol. The van der Waals surface area contributed by atoms with E-state index >= 15 is 0 Å². The lowest BCUT2D eigenvalue weighted by Crippen LogP contribution is -3.05. The molecule has 0 aromatic rings. The highest BCUT2D eigenvalue weighted by atomic mass is 15.0. The Kier molecular flexibility index (Phi) is 27.8. The largest absolute Gasteiger partial charge is 0.677 e. The Morgan fingerprint density at radius 3 is 1.40 bits per heavy atom. The van der Waals surface area contributed by atoms with E-state index in [1.807, 2.05) is 0 Å². The number of hydrogen-bond acceptors (Lipinski definition) is 0. The predicted octanol–water partition coefficient (Wildman–Crippen LogP) is 6.62. The highest BCUT2D eigenvalue weighted by Crippen LogP contribution is 2.09. The smallest absolute Gasteiger partial charge is 0.0764 e. The molecule has 0 aliphatic heterocycles. The summed E-state index contributed by atoms with van der Waals surface area (Å²) >= 11 is 0. The van der Waals surface area contributed by atoms with E-state index in [0.717, 1.165) is 6.42 Å². The molecule has 0 rings (SSSR count). The summed E-state index contributed by atoms with van der Waals surface area (Å²) < 4.78 is 0. The zero-order valence-corrected chi connectivity index (χ0v) is 18.2. The second kappa shape index (κ2) is 25.9. The van der Waals surface area contributed by atoms with Gasteiger partial charge in [-0.15, -0.1) is 0 Å². The summed E-state index contributed by atoms with van der Waals surface area (Å²) in [7, 11) is 4.34. The van der Waals surface area contributed by atoms with E-state index in [1.54, 1.807) is 0 Å². The molecule has 152 valence electrons. The zero-order chi connectivity index (χ0) is 19.0. The highest BCUT2D eigenvalue weighted by molar-refractivity contribution is 4.81. The number of hydrogen-bond donors (Lipinski definition) is 1. The summed E-state index contributed by atoms with van der Waals surface area (Å²) in [6, 6.07) is 0. The van der Waals surface area contributed by atoms with Gasteiger partial charge in [0.1, 0.15) is 0 Å². The fraction of sp³-hybridized carbons (Fsp3) is 0.913. The molecule has 0 unspecified atom stereocenters. The molecule has 0 radical (unpaired) electrons. The van der Waals surface area contributed by atoms with Gasteiger partial charge in [0.2, 0.25) is 0 Å². The van der Waals surface area contributed by atoms with Crippen LogP contribution in [0.2, 0.25) is 0 Å². The standard InChI is InChI=1S/C18H36N.C5H13N/c1-2-3-4-5-6-7-8-9-10-11-12-13-14-15-16-17-18-19;1-4-5-6(2)3/h9-10,19H,2-8,11-18H2,1H3;4-5H2,1-3H3/q-1;/p+1/b10-9-;. The van der Waals surface area contributed by atoms with Crippen LogP contribution < -0.4 is 4.90 Å². The molecule has 0 heterocycles. The molecule has 2 heteroatoms. The summed E-state index contributed by atoms with van der Waals surface area (Å²) in [5, 5.41) is 0. The second-order valence-corrected chi connectivity index (χ2v) is 7.64. The molecule has 0 bridgehead atoms. The fourth-order valence-corrected chi connectivity index (χ4v) is 2.87. The summed E-state index contributed by atoms with van der Waals surface area (Å²) in [5.74, 6) is 0. The van der Waals surface area contributed by atoms with Crippen molar-refractivity contribution in [1.82, 2.24) is 0 Å². The number of rotatable bonds is 17. The van der Waals surface area contributed by atoms with Gasteiger partial charge in [-0.3, -0.25) is 0 Å². The first-order valence-corrected chi connectivity index (χ1v) is 11.3. The van der Waals surface area contributed by atoms with Gasteiger partial charge in [-0.1, -0.05) is 90.2 Å². The van der Waals surface area contributed by atoms with Crippen LogP contribution >= 0.6 is 0 Å². The third-order valence-corrected chi connectivity index (χ3v) is 4.44. The van der Waals surface area contributed by atoms with E-state index < -0.39 is 0 Å². The van der Waals surface area contributed by atoms with Gasteiger partial charge in [0.15, 0.2) is 0 Å². The van der Waals surface area contributed by atoms with Crippen molar-refractivity contribution in [1.29, 1.82) is 0 Å². The molecule has 0 fully saturated rings. The topological polar surface area (TPSA) is 28.2 Å². The van der Waals surface area contributed by atoms with E-state index in [2.05, 4.69) is 40.1 Å². The molecule has 0 amide bonds. The maximum atomic E-state index is 7.07. The van der Waals surface area contributed by atoms with Gasteiger partial charge >= 0.3 is 0 Å². The van der Waals surface area contributed by atoms with E-state index in [9.17, 15) is 0 Å². The van der Waals surface area contributed by atoms with Gasteiger partial charge in [-0.25, -0.2) is 0 Å². The summed E-state index contributed by atoms with van der Waals surface area (Å²) in [6.07, 6.45) is 24.8. The van der Waals surface area contributed by atoms with Crippen LogP contribution in [-0.4, -0.2) is 27.2 Å². The van der Waals surface area contributed by atoms with Crippen molar-refractivity contribution in [3.05, 3.63) is 17.9 Å². The molecule has 2 N–H and O–H groups in total. The van der Waals surface area contributed by atoms with Gasteiger partial charge < -0.3 is 10.6 Å². The lowest BCUT2D eigenvalue weighted by molar-refractivity contribution is -0.858. The Balaban J connectivity index is 0. The van der Waals surface area contributed by atoms with Gasteiger partial charge in [0.05, 0.1) is 20.6 Å². The van der Waals surface area contributed by atoms with Crippen molar-refractivity contribution in [2.45, 2.75) is 110 Å². The summed E-state index contributed by atoms with van der Waals surface area (Å²) in [5.41, 5.74) is 7.07. The number of allylic oxidation sites excluding steroid dienone is 2. The number of unbranched alkanes of at least 4 members (excludes halogenated alkanes) is 12. The van der Waals surface area contributed by atoms with Crippen LogP contribution in [-0.2, 0) is 0 Å². The van der Waals surface area contributed by atoms with Crippen molar-refractivity contribution >= 4 is 0 Å². The van der Waals surface area contributed by atoms with Crippen LogP contribution in [0.4, 0.5) is 0 Å². The quantitative estimate of drug-likeness (QED) is 0.225. The summed E-state index contributed by atoms with van der Waals surface area (Å²) in [4.78, 5) is 1.54. The minimum atomic E-state index is 0.612. The maximum Gasteiger partial charge on any atom is 0.0764 e. The fourth-order valence-electron chi connectivity index (χ4n) is 2.87. The van der Waals surface area contributed by atoms with Gasteiger partial charge in [0.25, 0.3) is 0 Å². The van der Waals surface area contributed by atoms with Gasteiger partial charge in [0, 0.05) is 0 Å². The minimum absolute atomic E-state index is 0.612. The van der Waals surface area contributed by atoms with Crippen molar-refractivity contribution in [2.75, 3.05) is 27.2 Å². The van der Waals surface area contributed by atoms with Crippen LogP contribution in [0.5, 0.6) is 0 Å². The second-order valence-electron chi connectivity index (χ2n) is 7.64. The highest BCUT2D eigenvalue weighted by Gasteiger charge is 1.90. The van der Waals surface area contributed by atoms with Crippen LogP contribution in [0.3, 0.4) is 0 Å². The Morgan fingerprint density at radius 1 is 0.600 bits per heavy atom. The first kappa shape index (κ1) is 26.9. The van der Waals surface area contributed by atoms with Crippen LogP contribution in [0.25, 0.3) is 5.73 Å². The molecule has 2 nitrogen and oxygen atoms in total. The molecule has 25 heavy (non-hydrogen) atoms. The zero-order valence-electron chi connectivity index (χ0n) is 18.2. The SMILES string of the molecule is CCCCCCCC/C=C\CCCCCCCC[NH-].CCC[NH+](C)C.